The number of likely N-dealkylation sites (N-methyl/N-ethyl adjacent to an activating group) is 1. The monoisotopic (exact) mass is 309 g/mol. The van der Waals surface area contributed by atoms with Crippen LogP contribution in [0, 0.1) is 6.92 Å². The summed E-state index contributed by atoms with van der Waals surface area (Å²) in [5, 5.41) is 16.4. The van der Waals surface area contributed by atoms with Gasteiger partial charge in [0.05, 0.1) is 6.04 Å². The Bertz CT molecular complexity index is 767. The van der Waals surface area contributed by atoms with Gasteiger partial charge >= 0.3 is 0 Å². The molecule has 0 spiro atoms. The summed E-state index contributed by atoms with van der Waals surface area (Å²) in [6, 6.07) is 16.3. The van der Waals surface area contributed by atoms with Gasteiger partial charge in [0, 0.05) is 30.2 Å². The van der Waals surface area contributed by atoms with Crippen LogP contribution in [0.15, 0.2) is 54.7 Å². The zero-order valence-corrected chi connectivity index (χ0v) is 13.6. The lowest BCUT2D eigenvalue weighted by atomic mass is 10.0. The molecule has 0 aliphatic carbocycles. The van der Waals surface area contributed by atoms with Crippen LogP contribution < -0.4 is 5.32 Å². The summed E-state index contributed by atoms with van der Waals surface area (Å²) >= 11 is 0. The summed E-state index contributed by atoms with van der Waals surface area (Å²) in [7, 11) is 1.91. The van der Waals surface area contributed by atoms with Crippen molar-refractivity contribution in [1.29, 1.82) is 0 Å². The number of fused-ring (bicyclic) bond motifs is 1. The number of aromatic nitrogens is 1. The van der Waals surface area contributed by atoms with Crippen molar-refractivity contribution in [3.05, 3.63) is 71.4 Å². The van der Waals surface area contributed by atoms with Crippen molar-refractivity contribution in [2.75, 3.05) is 13.6 Å². The van der Waals surface area contributed by atoms with E-state index in [1.54, 1.807) is 0 Å². The Labute approximate surface area is 136 Å². The summed E-state index contributed by atoms with van der Waals surface area (Å²) in [6.45, 7) is 3.25. The first-order chi connectivity index (χ1) is 11.2. The molecule has 120 valence electrons. The van der Waals surface area contributed by atoms with Crippen LogP contribution in [-0.4, -0.2) is 28.8 Å². The number of hydrogen-bond donors (Lipinski definition) is 3. The Balaban J connectivity index is 1.92. The first-order valence-electron chi connectivity index (χ1n) is 7.90. The molecule has 1 unspecified atom stereocenters. The Morgan fingerprint density at radius 1 is 1.17 bits per heavy atom. The van der Waals surface area contributed by atoms with Crippen molar-refractivity contribution < 1.29 is 5.21 Å². The lowest BCUT2D eigenvalue weighted by Gasteiger charge is -2.26. The molecule has 3 rings (SSSR count). The van der Waals surface area contributed by atoms with Crippen LogP contribution in [0.3, 0.4) is 0 Å². The molecule has 4 heteroatoms. The van der Waals surface area contributed by atoms with Gasteiger partial charge in [-0.3, -0.25) is 0 Å². The van der Waals surface area contributed by atoms with E-state index in [2.05, 4.69) is 35.4 Å². The average Bonchev–Trinajstić information content (AvgIpc) is 2.96. The SMILES string of the molecule is CNCC(c1c[nH]c2ccc(C)cc12)N(O)Cc1ccccc1. The van der Waals surface area contributed by atoms with Crippen LogP contribution in [0.5, 0.6) is 0 Å². The standard InChI is InChI=1S/C19H23N3O/c1-14-8-9-18-16(10-14)17(11-21-18)19(12-20-2)22(23)13-15-6-4-3-5-7-15/h3-11,19-21,23H,12-13H2,1-2H3. The van der Waals surface area contributed by atoms with Crippen molar-refractivity contribution in [3.8, 4) is 0 Å². The van der Waals surface area contributed by atoms with Crippen molar-refractivity contribution in [2.24, 2.45) is 0 Å². The minimum atomic E-state index is -0.115. The number of hydroxylamine groups is 2. The molecular weight excluding hydrogens is 286 g/mol. The zero-order valence-electron chi connectivity index (χ0n) is 13.6. The molecule has 0 bridgehead atoms. The zero-order chi connectivity index (χ0) is 16.2. The first kappa shape index (κ1) is 15.7. The summed E-state index contributed by atoms with van der Waals surface area (Å²) in [4.78, 5) is 3.31. The van der Waals surface area contributed by atoms with Crippen LogP contribution in [0.4, 0.5) is 0 Å². The van der Waals surface area contributed by atoms with Crippen LogP contribution >= 0.6 is 0 Å². The Kier molecular flexibility index (Phi) is 4.76. The highest BCUT2D eigenvalue weighted by molar-refractivity contribution is 5.84. The molecule has 3 aromatic rings. The highest BCUT2D eigenvalue weighted by Crippen LogP contribution is 2.29. The second-order valence-corrected chi connectivity index (χ2v) is 5.95. The number of aryl methyl sites for hydroxylation is 1. The molecule has 0 aliphatic rings. The van der Waals surface area contributed by atoms with Gasteiger partial charge in [0.2, 0.25) is 0 Å². The number of nitrogens with one attached hydrogen (secondary N) is 2. The number of H-pyrrole nitrogens is 1. The third kappa shape index (κ3) is 3.45. The number of rotatable bonds is 6. The third-order valence-corrected chi connectivity index (χ3v) is 4.17. The molecule has 0 saturated heterocycles. The smallest absolute Gasteiger partial charge is 0.0748 e. The molecule has 1 atom stereocenters. The predicted octanol–water partition coefficient (Wildman–Crippen LogP) is 3.63. The van der Waals surface area contributed by atoms with Gasteiger partial charge in [-0.05, 0) is 37.2 Å². The lowest BCUT2D eigenvalue weighted by Crippen LogP contribution is -2.32. The van der Waals surface area contributed by atoms with E-state index in [0.29, 0.717) is 13.1 Å². The fourth-order valence-electron chi connectivity index (χ4n) is 2.98. The molecule has 0 fully saturated rings. The minimum absolute atomic E-state index is 0.115. The Morgan fingerprint density at radius 2 is 1.96 bits per heavy atom. The van der Waals surface area contributed by atoms with Gasteiger partial charge in [0.15, 0.2) is 0 Å². The molecular formula is C19H23N3O. The van der Waals surface area contributed by atoms with Crippen molar-refractivity contribution in [1.82, 2.24) is 15.4 Å². The first-order valence-corrected chi connectivity index (χ1v) is 7.90. The number of aromatic amines is 1. The number of hydrogen-bond acceptors (Lipinski definition) is 3. The third-order valence-electron chi connectivity index (χ3n) is 4.17. The van der Waals surface area contributed by atoms with Gasteiger partial charge in [-0.1, -0.05) is 42.0 Å². The van der Waals surface area contributed by atoms with Crippen LogP contribution in [0.2, 0.25) is 0 Å². The van der Waals surface area contributed by atoms with E-state index >= 15 is 0 Å². The van der Waals surface area contributed by atoms with Crippen LogP contribution in [0.1, 0.15) is 22.7 Å². The van der Waals surface area contributed by atoms with Crippen LogP contribution in [0.25, 0.3) is 10.9 Å². The van der Waals surface area contributed by atoms with E-state index in [4.69, 9.17) is 0 Å². The van der Waals surface area contributed by atoms with E-state index in [-0.39, 0.29) is 6.04 Å². The van der Waals surface area contributed by atoms with E-state index in [0.717, 1.165) is 22.0 Å². The number of nitrogens with zero attached hydrogens (tertiary/aromatic N) is 1. The maximum Gasteiger partial charge on any atom is 0.0748 e. The van der Waals surface area contributed by atoms with Gasteiger partial charge < -0.3 is 15.5 Å². The largest absolute Gasteiger partial charge is 0.361 e. The molecule has 1 aromatic heterocycles. The Hall–Kier alpha value is -2.14. The molecule has 3 N–H and O–H groups in total. The second kappa shape index (κ2) is 6.96. The van der Waals surface area contributed by atoms with Gasteiger partial charge in [0.1, 0.15) is 0 Å². The van der Waals surface area contributed by atoms with Crippen molar-refractivity contribution in [2.45, 2.75) is 19.5 Å². The molecule has 0 aliphatic heterocycles. The Morgan fingerprint density at radius 3 is 2.70 bits per heavy atom. The maximum absolute atomic E-state index is 10.7. The van der Waals surface area contributed by atoms with Crippen molar-refractivity contribution >= 4 is 10.9 Å². The van der Waals surface area contributed by atoms with Gasteiger partial charge in [0.25, 0.3) is 0 Å². The van der Waals surface area contributed by atoms with Gasteiger partial charge in [-0.25, -0.2) is 0 Å². The molecule has 0 radical (unpaired) electrons. The van der Waals surface area contributed by atoms with E-state index in [1.165, 1.54) is 10.6 Å². The summed E-state index contributed by atoms with van der Waals surface area (Å²) in [5.41, 5.74) is 4.51. The van der Waals surface area contributed by atoms with E-state index in [9.17, 15) is 5.21 Å². The lowest BCUT2D eigenvalue weighted by molar-refractivity contribution is -0.135. The van der Waals surface area contributed by atoms with E-state index < -0.39 is 0 Å². The second-order valence-electron chi connectivity index (χ2n) is 5.95. The fraction of sp³-hybridized carbons (Fsp3) is 0.263. The summed E-state index contributed by atoms with van der Waals surface area (Å²) in [6.07, 6.45) is 2.00. The van der Waals surface area contributed by atoms with Gasteiger partial charge in [-0.15, -0.1) is 0 Å². The molecule has 23 heavy (non-hydrogen) atoms. The minimum Gasteiger partial charge on any atom is -0.361 e. The normalized spacial score (nSPS) is 12.9. The fourth-order valence-corrected chi connectivity index (χ4v) is 2.98. The molecule has 0 saturated carbocycles. The number of benzene rings is 2. The molecule has 2 aromatic carbocycles. The van der Waals surface area contributed by atoms with Crippen molar-refractivity contribution in [3.63, 3.8) is 0 Å². The summed E-state index contributed by atoms with van der Waals surface area (Å²) < 4.78 is 0. The van der Waals surface area contributed by atoms with E-state index in [1.807, 2.05) is 43.6 Å². The summed E-state index contributed by atoms with van der Waals surface area (Å²) in [5.74, 6) is 0. The topological polar surface area (TPSA) is 51.3 Å². The maximum atomic E-state index is 10.7. The van der Waals surface area contributed by atoms with Crippen LogP contribution in [-0.2, 0) is 6.54 Å². The molecule has 0 amide bonds. The molecule has 1 heterocycles. The molecule has 4 nitrogen and oxygen atoms in total. The van der Waals surface area contributed by atoms with Gasteiger partial charge in [-0.2, -0.15) is 5.06 Å². The highest BCUT2D eigenvalue weighted by Gasteiger charge is 2.21. The average molecular weight is 309 g/mol. The quantitative estimate of drug-likeness (QED) is 0.610. The highest BCUT2D eigenvalue weighted by atomic mass is 16.5. The predicted molar refractivity (Wildman–Crippen MR) is 93.5 cm³/mol.